The smallest absolute Gasteiger partial charge is 0.332 e. The van der Waals surface area contributed by atoms with Crippen molar-refractivity contribution < 1.29 is 9.18 Å². The van der Waals surface area contributed by atoms with Gasteiger partial charge in [-0.25, -0.2) is 14.2 Å². The number of nitrogens with zero attached hydrogens (tertiary/aromatic N) is 5. The third kappa shape index (κ3) is 4.01. The summed E-state index contributed by atoms with van der Waals surface area (Å²) in [7, 11) is 3.06. The first-order valence-electron chi connectivity index (χ1n) is 11.4. The number of aryl methyl sites for hydroxylation is 1. The monoisotopic (exact) mass is 476 g/mol. The molecule has 1 aliphatic heterocycles. The van der Waals surface area contributed by atoms with E-state index in [0.717, 1.165) is 40.9 Å². The number of hydrogen-bond donors (Lipinski definition) is 1. The van der Waals surface area contributed by atoms with Crippen molar-refractivity contribution in [3.8, 4) is 0 Å². The molecule has 0 radical (unpaired) electrons. The molecular formula is C25H25FN6O3. The number of halogens is 1. The largest absolute Gasteiger partial charge is 0.369 e. The topological polar surface area (TPSA) is 94.2 Å². The fourth-order valence-electron chi connectivity index (χ4n) is 4.64. The quantitative estimate of drug-likeness (QED) is 0.477. The summed E-state index contributed by atoms with van der Waals surface area (Å²) < 4.78 is 17.5. The lowest BCUT2D eigenvalue weighted by atomic mass is 9.99. The van der Waals surface area contributed by atoms with Gasteiger partial charge < -0.3 is 14.8 Å². The van der Waals surface area contributed by atoms with E-state index in [9.17, 15) is 18.8 Å². The van der Waals surface area contributed by atoms with Crippen molar-refractivity contribution >= 4 is 28.4 Å². The van der Waals surface area contributed by atoms with Gasteiger partial charge in [-0.05, 0) is 54.8 Å². The Morgan fingerprint density at radius 2 is 1.83 bits per heavy atom. The normalized spacial score (nSPS) is 13.2. The minimum Gasteiger partial charge on any atom is -0.369 e. The number of nitrogens with one attached hydrogen (secondary N) is 1. The fraction of sp³-hybridized carbons (Fsp3) is 0.280. The van der Waals surface area contributed by atoms with Crippen LogP contribution in [0.25, 0.3) is 11.2 Å². The van der Waals surface area contributed by atoms with Gasteiger partial charge in [0.25, 0.3) is 11.5 Å². The van der Waals surface area contributed by atoms with Crippen LogP contribution in [0.4, 0.5) is 15.8 Å². The minimum absolute atomic E-state index is 0.290. The highest BCUT2D eigenvalue weighted by Gasteiger charge is 2.21. The molecule has 0 spiro atoms. The number of anilines is 2. The van der Waals surface area contributed by atoms with Crippen molar-refractivity contribution in [3.05, 3.63) is 86.6 Å². The number of imidazole rings is 1. The second-order valence-corrected chi connectivity index (χ2v) is 8.67. The number of carbonyl (C=O) groups is 1. The van der Waals surface area contributed by atoms with Crippen LogP contribution in [0.2, 0.25) is 0 Å². The van der Waals surface area contributed by atoms with Crippen LogP contribution >= 0.6 is 0 Å². The summed E-state index contributed by atoms with van der Waals surface area (Å²) in [4.78, 5) is 44.1. The highest BCUT2D eigenvalue weighted by molar-refractivity contribution is 6.05. The molecule has 180 valence electrons. The molecule has 0 unspecified atom stereocenters. The second kappa shape index (κ2) is 8.86. The highest BCUT2D eigenvalue weighted by Crippen LogP contribution is 2.33. The fourth-order valence-corrected chi connectivity index (χ4v) is 4.64. The molecule has 10 heteroatoms. The van der Waals surface area contributed by atoms with E-state index >= 15 is 0 Å². The van der Waals surface area contributed by atoms with Crippen LogP contribution in [0, 0.1) is 5.82 Å². The van der Waals surface area contributed by atoms with Crippen LogP contribution in [-0.4, -0.2) is 37.7 Å². The number of amides is 1. The summed E-state index contributed by atoms with van der Waals surface area (Å²) in [6.07, 6.45) is 3.33. The lowest BCUT2D eigenvalue weighted by molar-refractivity contribution is 0.102. The molecule has 2 aromatic heterocycles. The van der Waals surface area contributed by atoms with Crippen LogP contribution in [0.1, 0.15) is 22.3 Å². The number of aromatic nitrogens is 4. The highest BCUT2D eigenvalue weighted by atomic mass is 19.1. The molecule has 0 saturated heterocycles. The predicted octanol–water partition coefficient (Wildman–Crippen LogP) is 2.28. The molecular weight excluding hydrogens is 451 g/mol. The molecule has 1 amide bonds. The van der Waals surface area contributed by atoms with E-state index in [1.165, 1.54) is 35.9 Å². The van der Waals surface area contributed by atoms with Crippen LogP contribution in [-0.2, 0) is 27.1 Å². The van der Waals surface area contributed by atoms with Gasteiger partial charge in [0.2, 0.25) is 0 Å². The van der Waals surface area contributed by atoms with E-state index in [1.807, 2.05) is 18.2 Å². The summed E-state index contributed by atoms with van der Waals surface area (Å²) in [5, 5.41) is 2.97. The Bertz CT molecular complexity index is 1550. The van der Waals surface area contributed by atoms with E-state index in [2.05, 4.69) is 15.2 Å². The maximum Gasteiger partial charge on any atom is 0.332 e. The molecule has 35 heavy (non-hydrogen) atoms. The number of rotatable bonds is 5. The molecule has 0 bridgehead atoms. The number of fused-ring (bicyclic) bond motifs is 2. The minimum atomic E-state index is -0.409. The zero-order valence-electron chi connectivity index (χ0n) is 19.5. The van der Waals surface area contributed by atoms with Crippen molar-refractivity contribution in [2.75, 3.05) is 23.3 Å². The summed E-state index contributed by atoms with van der Waals surface area (Å²) in [6.45, 7) is 1.97. The Morgan fingerprint density at radius 3 is 2.60 bits per heavy atom. The number of carbonyl (C=O) groups excluding carboxylic acids is 1. The van der Waals surface area contributed by atoms with Crippen molar-refractivity contribution in [3.63, 3.8) is 0 Å². The summed E-state index contributed by atoms with van der Waals surface area (Å²) >= 11 is 0. The van der Waals surface area contributed by atoms with Crippen LogP contribution in [0.15, 0.2) is 58.4 Å². The third-order valence-electron chi connectivity index (χ3n) is 6.53. The number of hydrogen-bond acceptors (Lipinski definition) is 5. The molecule has 2 aromatic carbocycles. The Balaban J connectivity index is 1.39. The zero-order valence-corrected chi connectivity index (χ0v) is 19.5. The van der Waals surface area contributed by atoms with Gasteiger partial charge in [-0.15, -0.1) is 0 Å². The molecule has 0 saturated carbocycles. The van der Waals surface area contributed by atoms with E-state index < -0.39 is 5.69 Å². The van der Waals surface area contributed by atoms with Gasteiger partial charge in [0.1, 0.15) is 5.82 Å². The predicted molar refractivity (Wildman–Crippen MR) is 132 cm³/mol. The summed E-state index contributed by atoms with van der Waals surface area (Å²) in [5.74, 6) is -0.679. The van der Waals surface area contributed by atoms with Gasteiger partial charge >= 0.3 is 5.69 Å². The van der Waals surface area contributed by atoms with E-state index in [4.69, 9.17) is 0 Å². The molecule has 0 fully saturated rings. The van der Waals surface area contributed by atoms with Gasteiger partial charge in [0.15, 0.2) is 11.2 Å². The van der Waals surface area contributed by atoms with Gasteiger partial charge in [-0.3, -0.25) is 18.7 Å². The van der Waals surface area contributed by atoms with E-state index in [-0.39, 0.29) is 17.3 Å². The van der Waals surface area contributed by atoms with E-state index in [0.29, 0.717) is 29.8 Å². The summed E-state index contributed by atoms with van der Waals surface area (Å²) in [6, 6.07) is 11.2. The van der Waals surface area contributed by atoms with Gasteiger partial charge in [0, 0.05) is 50.7 Å². The standard InChI is InChI=1S/C25H25FN6O3/c1-29-22-21(24(34)30(2)25(29)35)32(15-27-22)14-13-31-12-4-5-18-19(6-3-7-20(18)31)28-23(33)16-8-10-17(26)11-9-16/h3,6-11,15H,4-5,12-14H2,1-2H3,(H,28,33). The van der Waals surface area contributed by atoms with Crippen molar-refractivity contribution in [2.45, 2.75) is 19.4 Å². The van der Waals surface area contributed by atoms with Gasteiger partial charge in [-0.1, -0.05) is 6.07 Å². The Morgan fingerprint density at radius 1 is 1.06 bits per heavy atom. The van der Waals surface area contributed by atoms with Gasteiger partial charge in [-0.2, -0.15) is 0 Å². The zero-order chi connectivity index (χ0) is 24.7. The van der Waals surface area contributed by atoms with Gasteiger partial charge in [0.05, 0.1) is 6.33 Å². The maximum absolute atomic E-state index is 13.2. The lowest BCUT2D eigenvalue weighted by Gasteiger charge is -2.32. The Kier molecular flexibility index (Phi) is 5.72. The first-order valence-corrected chi connectivity index (χ1v) is 11.4. The van der Waals surface area contributed by atoms with Crippen LogP contribution in [0.3, 0.4) is 0 Å². The first kappa shape index (κ1) is 22.6. The third-order valence-corrected chi connectivity index (χ3v) is 6.53. The molecule has 4 aromatic rings. The number of benzene rings is 2. The Labute approximate surface area is 200 Å². The first-order chi connectivity index (χ1) is 16.8. The average Bonchev–Trinajstić information content (AvgIpc) is 3.29. The average molecular weight is 477 g/mol. The lowest BCUT2D eigenvalue weighted by Crippen LogP contribution is -2.38. The maximum atomic E-state index is 13.2. The van der Waals surface area contributed by atoms with Crippen molar-refractivity contribution in [1.82, 2.24) is 18.7 Å². The van der Waals surface area contributed by atoms with Crippen molar-refractivity contribution in [1.29, 1.82) is 0 Å². The van der Waals surface area contributed by atoms with Crippen LogP contribution in [0.5, 0.6) is 0 Å². The molecule has 3 heterocycles. The van der Waals surface area contributed by atoms with Crippen molar-refractivity contribution in [2.24, 2.45) is 14.1 Å². The molecule has 9 nitrogen and oxygen atoms in total. The second-order valence-electron chi connectivity index (χ2n) is 8.67. The van der Waals surface area contributed by atoms with E-state index in [1.54, 1.807) is 17.9 Å². The molecule has 1 N–H and O–H groups in total. The molecule has 1 aliphatic rings. The Hall–Kier alpha value is -4.21. The molecule has 0 aliphatic carbocycles. The SMILES string of the molecule is Cn1c(=O)c2c(ncn2CCN2CCCc3c(NC(=O)c4ccc(F)cc4)cccc32)n(C)c1=O. The molecule has 0 atom stereocenters. The molecule has 5 rings (SSSR count). The van der Waals surface area contributed by atoms with Crippen LogP contribution < -0.4 is 21.5 Å². The summed E-state index contributed by atoms with van der Waals surface area (Å²) in [5.41, 5.74) is 3.17.